The number of non-ortho nitro benzene ring substituents is 1. The fraction of sp³-hybridized carbons (Fsp3) is 0.450. The summed E-state index contributed by atoms with van der Waals surface area (Å²) in [5.41, 5.74) is -0.104. The van der Waals surface area contributed by atoms with Gasteiger partial charge in [-0.3, -0.25) is 29.4 Å². The van der Waals surface area contributed by atoms with Gasteiger partial charge in [-0.1, -0.05) is 12.2 Å². The Bertz CT molecular complexity index is 910. The molecule has 9 heteroatoms. The molecule has 3 aliphatic carbocycles. The fourth-order valence-electron chi connectivity index (χ4n) is 4.74. The van der Waals surface area contributed by atoms with Crippen molar-refractivity contribution in [3.05, 3.63) is 40.5 Å². The van der Waals surface area contributed by atoms with Gasteiger partial charge in [0.25, 0.3) is 5.69 Å². The number of methoxy groups -OCH3 is 1. The third-order valence-electron chi connectivity index (χ3n) is 6.21. The van der Waals surface area contributed by atoms with Gasteiger partial charge in [0.1, 0.15) is 11.8 Å². The highest BCUT2D eigenvalue weighted by Crippen LogP contribution is 2.50. The maximum atomic E-state index is 13.0. The zero-order chi connectivity index (χ0) is 20.9. The highest BCUT2D eigenvalue weighted by atomic mass is 16.6. The summed E-state index contributed by atoms with van der Waals surface area (Å²) in [6, 6.07) is 2.78. The summed E-state index contributed by atoms with van der Waals surface area (Å²) < 4.78 is 5.15. The molecule has 3 amide bonds. The van der Waals surface area contributed by atoms with E-state index in [0.29, 0.717) is 0 Å². The third-order valence-corrected chi connectivity index (χ3v) is 6.21. The molecule has 5 atom stereocenters. The van der Waals surface area contributed by atoms with E-state index in [1.807, 2.05) is 12.2 Å². The van der Waals surface area contributed by atoms with Crippen molar-refractivity contribution in [2.45, 2.75) is 25.8 Å². The molecule has 9 nitrogen and oxygen atoms in total. The van der Waals surface area contributed by atoms with E-state index >= 15 is 0 Å². The van der Waals surface area contributed by atoms with Crippen molar-refractivity contribution in [2.75, 3.05) is 12.4 Å². The van der Waals surface area contributed by atoms with Gasteiger partial charge < -0.3 is 10.1 Å². The first-order valence-electron chi connectivity index (χ1n) is 9.52. The molecule has 5 rings (SSSR count). The Kier molecular flexibility index (Phi) is 4.60. The summed E-state index contributed by atoms with van der Waals surface area (Å²) in [6.45, 7) is 1.49. The summed E-state index contributed by atoms with van der Waals surface area (Å²) in [5.74, 6) is -1.70. The van der Waals surface area contributed by atoms with Crippen LogP contribution in [-0.2, 0) is 14.4 Å². The van der Waals surface area contributed by atoms with Crippen LogP contribution in [0.15, 0.2) is 30.4 Å². The van der Waals surface area contributed by atoms with Crippen LogP contribution in [0.5, 0.6) is 5.75 Å². The van der Waals surface area contributed by atoms with Crippen molar-refractivity contribution in [2.24, 2.45) is 23.7 Å². The van der Waals surface area contributed by atoms with Crippen molar-refractivity contribution in [3.63, 3.8) is 0 Å². The lowest BCUT2D eigenvalue weighted by atomic mass is 9.63. The van der Waals surface area contributed by atoms with E-state index in [2.05, 4.69) is 5.32 Å². The van der Waals surface area contributed by atoms with Crippen LogP contribution < -0.4 is 10.1 Å². The zero-order valence-electron chi connectivity index (χ0n) is 16.0. The summed E-state index contributed by atoms with van der Waals surface area (Å²) >= 11 is 0. The first-order chi connectivity index (χ1) is 13.8. The van der Waals surface area contributed by atoms with Crippen LogP contribution in [-0.4, -0.2) is 40.7 Å². The zero-order valence-corrected chi connectivity index (χ0v) is 16.0. The molecule has 1 N–H and O–H groups in total. The van der Waals surface area contributed by atoms with E-state index in [4.69, 9.17) is 4.74 Å². The van der Waals surface area contributed by atoms with Crippen LogP contribution in [0.25, 0.3) is 0 Å². The number of anilines is 1. The largest absolute Gasteiger partial charge is 0.495 e. The van der Waals surface area contributed by atoms with Crippen molar-refractivity contribution in [3.8, 4) is 5.75 Å². The lowest BCUT2D eigenvalue weighted by molar-refractivity contribution is -0.384. The summed E-state index contributed by atoms with van der Waals surface area (Å²) in [5, 5.41) is 13.6. The number of allylic oxidation sites excluding steroid dienone is 2. The normalized spacial score (nSPS) is 28.3. The number of carbonyl (C=O) groups excluding carboxylic acids is 3. The lowest BCUT2D eigenvalue weighted by Crippen LogP contribution is -2.46. The van der Waals surface area contributed by atoms with E-state index in [1.165, 1.54) is 32.2 Å². The molecule has 2 fully saturated rings. The van der Waals surface area contributed by atoms with Crippen molar-refractivity contribution >= 4 is 29.1 Å². The van der Waals surface area contributed by atoms with Crippen LogP contribution in [0.4, 0.5) is 11.4 Å². The Labute approximate surface area is 166 Å². The number of carbonyl (C=O) groups is 3. The first-order valence-corrected chi connectivity index (χ1v) is 9.52. The minimum absolute atomic E-state index is 0.0404. The second-order valence-corrected chi connectivity index (χ2v) is 7.69. The Morgan fingerprint density at radius 1 is 1.21 bits per heavy atom. The second-order valence-electron chi connectivity index (χ2n) is 7.69. The summed E-state index contributed by atoms with van der Waals surface area (Å²) in [4.78, 5) is 50.3. The summed E-state index contributed by atoms with van der Waals surface area (Å²) in [6.07, 6.45) is 5.78. The molecule has 2 bridgehead atoms. The number of hydrogen-bond acceptors (Lipinski definition) is 6. The summed E-state index contributed by atoms with van der Waals surface area (Å²) in [7, 11) is 1.38. The molecule has 1 saturated heterocycles. The van der Waals surface area contributed by atoms with Crippen LogP contribution in [0.1, 0.15) is 19.8 Å². The van der Waals surface area contributed by atoms with Gasteiger partial charge in [-0.2, -0.15) is 0 Å². The van der Waals surface area contributed by atoms with Crippen molar-refractivity contribution in [1.82, 2.24) is 4.90 Å². The number of imide groups is 1. The average molecular weight is 399 g/mol. The lowest BCUT2D eigenvalue weighted by Gasteiger charge is -2.38. The predicted molar refractivity (Wildman–Crippen MR) is 102 cm³/mol. The number of fused-ring (bicyclic) bond motifs is 1. The highest BCUT2D eigenvalue weighted by Gasteiger charge is 2.58. The van der Waals surface area contributed by atoms with Gasteiger partial charge >= 0.3 is 0 Å². The molecule has 0 aromatic heterocycles. The first kappa shape index (κ1) is 19.1. The number of nitro benzene ring substituents is 1. The number of hydrogen-bond donors (Lipinski definition) is 1. The standard InChI is InChI=1S/C20H21N3O6/c1-10(18(24)21-14-9-13(23(27)28)7-8-15(14)29-2)22-19(25)16-11-3-4-12(6-5-11)17(16)20(22)26/h3-4,7-12,16-17H,5-6H2,1-2H3,(H,21,24)/t10-,11+,12+,16-,17+/m1/s1. The van der Waals surface area contributed by atoms with E-state index < -0.39 is 28.7 Å². The molecule has 0 spiro atoms. The number of ether oxygens (including phenoxy) is 1. The number of amides is 3. The molecule has 0 radical (unpaired) electrons. The van der Waals surface area contributed by atoms with Gasteiger partial charge in [-0.25, -0.2) is 0 Å². The molecular formula is C20H21N3O6. The smallest absolute Gasteiger partial charge is 0.271 e. The molecule has 1 aromatic rings. The van der Waals surface area contributed by atoms with E-state index in [1.54, 1.807) is 0 Å². The van der Waals surface area contributed by atoms with Gasteiger partial charge in [0.05, 0.1) is 29.6 Å². The Balaban J connectivity index is 1.56. The molecule has 152 valence electrons. The number of nitro groups is 1. The van der Waals surface area contributed by atoms with Gasteiger partial charge in [-0.05, 0) is 37.7 Å². The van der Waals surface area contributed by atoms with Crippen molar-refractivity contribution < 1.29 is 24.0 Å². The van der Waals surface area contributed by atoms with Crippen LogP contribution >= 0.6 is 0 Å². The molecule has 1 aliphatic heterocycles. The second kappa shape index (κ2) is 6.98. The molecule has 1 heterocycles. The van der Waals surface area contributed by atoms with Crippen LogP contribution in [0, 0.1) is 33.8 Å². The van der Waals surface area contributed by atoms with E-state index in [0.717, 1.165) is 17.7 Å². The average Bonchev–Trinajstić information content (AvgIpc) is 3.00. The number of nitrogens with one attached hydrogen (secondary N) is 1. The molecule has 0 unspecified atom stereocenters. The van der Waals surface area contributed by atoms with Gasteiger partial charge in [0, 0.05) is 12.1 Å². The molecular weight excluding hydrogens is 378 g/mol. The number of benzene rings is 1. The molecule has 4 aliphatic rings. The quantitative estimate of drug-likeness (QED) is 0.351. The Morgan fingerprint density at radius 2 is 1.79 bits per heavy atom. The monoisotopic (exact) mass is 399 g/mol. The fourth-order valence-corrected chi connectivity index (χ4v) is 4.74. The molecule has 1 aromatic carbocycles. The molecule has 1 saturated carbocycles. The number of likely N-dealkylation sites (tertiary alicyclic amines) is 1. The van der Waals surface area contributed by atoms with Gasteiger partial charge in [0.2, 0.25) is 17.7 Å². The number of nitrogens with zero attached hydrogens (tertiary/aromatic N) is 2. The maximum absolute atomic E-state index is 13.0. The van der Waals surface area contributed by atoms with E-state index in [9.17, 15) is 24.5 Å². The van der Waals surface area contributed by atoms with Crippen molar-refractivity contribution in [1.29, 1.82) is 0 Å². The third kappa shape index (κ3) is 2.97. The Hall–Kier alpha value is -3.23. The van der Waals surface area contributed by atoms with Gasteiger partial charge in [-0.15, -0.1) is 0 Å². The van der Waals surface area contributed by atoms with E-state index in [-0.39, 0.29) is 40.8 Å². The molecule has 29 heavy (non-hydrogen) atoms. The maximum Gasteiger partial charge on any atom is 0.271 e. The Morgan fingerprint density at radius 3 is 2.28 bits per heavy atom. The topological polar surface area (TPSA) is 119 Å². The number of rotatable bonds is 5. The van der Waals surface area contributed by atoms with Crippen LogP contribution in [0.3, 0.4) is 0 Å². The SMILES string of the molecule is COc1ccc([N+](=O)[O-])cc1NC(=O)[C@@H](C)N1C(=O)[C@@H]2[C@H](C1=O)[C@H]1C=C[C@H]2CC1. The minimum atomic E-state index is -1.04. The minimum Gasteiger partial charge on any atom is -0.495 e. The van der Waals surface area contributed by atoms with Gasteiger partial charge in [0.15, 0.2) is 0 Å². The van der Waals surface area contributed by atoms with Crippen LogP contribution in [0.2, 0.25) is 0 Å². The highest BCUT2D eigenvalue weighted by molar-refractivity contribution is 6.10. The predicted octanol–water partition coefficient (Wildman–Crippen LogP) is 2.13.